The van der Waals surface area contributed by atoms with Crippen LogP contribution in [0, 0.1) is 17.6 Å². The van der Waals surface area contributed by atoms with Crippen LogP contribution >= 0.6 is 0 Å². The van der Waals surface area contributed by atoms with Gasteiger partial charge in [-0.2, -0.15) is 0 Å². The molecule has 8 heteroatoms. The second-order valence-corrected chi connectivity index (χ2v) is 7.65. The Morgan fingerprint density at radius 3 is 2.27 bits per heavy atom. The van der Waals surface area contributed by atoms with Crippen LogP contribution in [0.3, 0.4) is 0 Å². The number of phenols is 1. The first-order chi connectivity index (χ1) is 14.2. The second kappa shape index (κ2) is 9.21. The van der Waals surface area contributed by atoms with E-state index in [4.69, 9.17) is 4.74 Å². The molecule has 0 radical (unpaired) electrons. The summed E-state index contributed by atoms with van der Waals surface area (Å²) in [6, 6.07) is 6.48. The molecule has 3 rings (SSSR count). The van der Waals surface area contributed by atoms with E-state index in [1.807, 2.05) is 13.8 Å². The zero-order chi connectivity index (χ0) is 21.8. The van der Waals surface area contributed by atoms with Gasteiger partial charge >= 0.3 is 0 Å². The summed E-state index contributed by atoms with van der Waals surface area (Å²) in [7, 11) is 0. The van der Waals surface area contributed by atoms with E-state index >= 15 is 0 Å². The number of rotatable bonds is 5. The van der Waals surface area contributed by atoms with Crippen molar-refractivity contribution in [3.8, 4) is 5.75 Å². The summed E-state index contributed by atoms with van der Waals surface area (Å²) < 4.78 is 32.2. The van der Waals surface area contributed by atoms with Crippen LogP contribution in [0.15, 0.2) is 36.4 Å². The highest BCUT2D eigenvalue weighted by Crippen LogP contribution is 2.25. The first-order valence-corrected chi connectivity index (χ1v) is 9.75. The molecule has 0 saturated carbocycles. The van der Waals surface area contributed by atoms with Gasteiger partial charge in [0.2, 0.25) is 0 Å². The zero-order valence-electron chi connectivity index (χ0n) is 16.7. The molecule has 1 heterocycles. The summed E-state index contributed by atoms with van der Waals surface area (Å²) >= 11 is 0. The lowest BCUT2D eigenvalue weighted by molar-refractivity contribution is -0.0513. The SMILES string of the molecule is C[C@@H]1CC(CNC(=O)c2ccc(NC(=O)c3cc(F)cc(F)c3)cc2O)C[C@@H](C)O1. The van der Waals surface area contributed by atoms with Gasteiger partial charge in [0.25, 0.3) is 11.8 Å². The molecule has 1 aliphatic rings. The topological polar surface area (TPSA) is 87.7 Å². The third-order valence-electron chi connectivity index (χ3n) is 4.97. The molecule has 2 amide bonds. The largest absolute Gasteiger partial charge is 0.507 e. The maximum Gasteiger partial charge on any atom is 0.255 e. The fourth-order valence-corrected chi connectivity index (χ4v) is 3.73. The molecule has 0 bridgehead atoms. The number of ether oxygens (including phenoxy) is 1. The van der Waals surface area contributed by atoms with Gasteiger partial charge in [-0.1, -0.05) is 0 Å². The number of carbonyl (C=O) groups is 2. The minimum atomic E-state index is -0.872. The zero-order valence-corrected chi connectivity index (χ0v) is 16.7. The average Bonchev–Trinajstić information content (AvgIpc) is 2.64. The van der Waals surface area contributed by atoms with Gasteiger partial charge in [-0.3, -0.25) is 9.59 Å². The number of phenolic OH excluding ortho intramolecular Hbond substituents is 1. The molecule has 160 valence electrons. The summed E-state index contributed by atoms with van der Waals surface area (Å²) in [6.07, 6.45) is 1.97. The van der Waals surface area contributed by atoms with E-state index in [-0.39, 0.29) is 34.8 Å². The number of anilines is 1. The number of hydrogen-bond donors (Lipinski definition) is 3. The van der Waals surface area contributed by atoms with E-state index in [9.17, 15) is 23.5 Å². The van der Waals surface area contributed by atoms with Crippen LogP contribution in [-0.2, 0) is 4.74 Å². The van der Waals surface area contributed by atoms with Crippen LogP contribution < -0.4 is 10.6 Å². The van der Waals surface area contributed by atoms with Crippen LogP contribution in [0.1, 0.15) is 47.4 Å². The van der Waals surface area contributed by atoms with Crippen molar-refractivity contribution in [3.05, 3.63) is 59.2 Å². The molecule has 1 aliphatic heterocycles. The fourth-order valence-electron chi connectivity index (χ4n) is 3.73. The van der Waals surface area contributed by atoms with E-state index < -0.39 is 23.4 Å². The number of benzene rings is 2. The first-order valence-electron chi connectivity index (χ1n) is 9.75. The molecule has 2 atom stereocenters. The van der Waals surface area contributed by atoms with E-state index in [2.05, 4.69) is 10.6 Å². The van der Waals surface area contributed by atoms with Crippen LogP contribution in [0.4, 0.5) is 14.5 Å². The Morgan fingerprint density at radius 2 is 1.67 bits per heavy atom. The van der Waals surface area contributed by atoms with Gasteiger partial charge in [0, 0.05) is 29.9 Å². The third-order valence-corrected chi connectivity index (χ3v) is 4.97. The number of nitrogens with one attached hydrogen (secondary N) is 2. The summed E-state index contributed by atoms with van der Waals surface area (Å²) in [5, 5.41) is 15.5. The molecule has 1 saturated heterocycles. The Bertz CT molecular complexity index is 920. The number of amides is 2. The van der Waals surface area contributed by atoms with Gasteiger partial charge in [0.05, 0.1) is 17.8 Å². The molecule has 0 aromatic heterocycles. The van der Waals surface area contributed by atoms with Gasteiger partial charge in [-0.05, 0) is 56.9 Å². The minimum Gasteiger partial charge on any atom is -0.507 e. The predicted octanol–water partition coefficient (Wildman–Crippen LogP) is 3.86. The quantitative estimate of drug-likeness (QED) is 0.688. The average molecular weight is 418 g/mol. The van der Waals surface area contributed by atoms with Gasteiger partial charge in [-0.25, -0.2) is 8.78 Å². The van der Waals surface area contributed by atoms with Crippen LogP contribution in [0.5, 0.6) is 5.75 Å². The van der Waals surface area contributed by atoms with E-state index in [1.165, 1.54) is 18.2 Å². The lowest BCUT2D eigenvalue weighted by Gasteiger charge is -2.32. The van der Waals surface area contributed by atoms with Crippen molar-refractivity contribution in [2.24, 2.45) is 5.92 Å². The lowest BCUT2D eigenvalue weighted by Crippen LogP contribution is -2.37. The molecule has 0 aliphatic carbocycles. The number of carbonyl (C=O) groups excluding carboxylic acids is 2. The number of aromatic hydroxyl groups is 1. The van der Waals surface area contributed by atoms with Gasteiger partial charge in [0.15, 0.2) is 0 Å². The Labute approximate surface area is 173 Å². The normalized spacial score (nSPS) is 21.1. The molecule has 0 unspecified atom stereocenters. The number of hydrogen-bond acceptors (Lipinski definition) is 4. The lowest BCUT2D eigenvalue weighted by atomic mass is 9.92. The predicted molar refractivity (Wildman–Crippen MR) is 107 cm³/mol. The Hall–Kier alpha value is -3.00. The summed E-state index contributed by atoms with van der Waals surface area (Å²) in [6.45, 7) is 4.48. The number of halogens is 2. The van der Waals surface area contributed by atoms with Crippen molar-refractivity contribution in [3.63, 3.8) is 0 Å². The second-order valence-electron chi connectivity index (χ2n) is 7.65. The van der Waals surface area contributed by atoms with Crippen molar-refractivity contribution >= 4 is 17.5 Å². The summed E-state index contributed by atoms with van der Waals surface area (Å²) in [5.41, 5.74) is 0.0532. The summed E-state index contributed by atoms with van der Waals surface area (Å²) in [4.78, 5) is 24.6. The van der Waals surface area contributed by atoms with Crippen LogP contribution in [0.25, 0.3) is 0 Å². The van der Waals surface area contributed by atoms with Gasteiger partial charge in [-0.15, -0.1) is 0 Å². The maximum absolute atomic E-state index is 13.3. The Balaban J connectivity index is 1.61. The Kier molecular flexibility index (Phi) is 6.66. The van der Waals surface area contributed by atoms with Gasteiger partial charge in [0.1, 0.15) is 17.4 Å². The minimum absolute atomic E-state index is 0.0676. The maximum atomic E-state index is 13.3. The van der Waals surface area contributed by atoms with Crippen molar-refractivity contribution in [2.45, 2.75) is 38.9 Å². The Morgan fingerprint density at radius 1 is 1.03 bits per heavy atom. The molecule has 2 aromatic carbocycles. The summed E-state index contributed by atoms with van der Waals surface area (Å²) in [5.74, 6) is -2.94. The molecular formula is C22H24F2N2O4. The van der Waals surface area contributed by atoms with E-state index in [0.717, 1.165) is 25.0 Å². The van der Waals surface area contributed by atoms with Crippen molar-refractivity contribution in [1.82, 2.24) is 5.32 Å². The molecule has 0 spiro atoms. The van der Waals surface area contributed by atoms with E-state index in [1.54, 1.807) is 0 Å². The highest BCUT2D eigenvalue weighted by atomic mass is 19.1. The smallest absolute Gasteiger partial charge is 0.255 e. The molecular weight excluding hydrogens is 394 g/mol. The van der Waals surface area contributed by atoms with Crippen molar-refractivity contribution in [2.75, 3.05) is 11.9 Å². The van der Waals surface area contributed by atoms with Crippen LogP contribution in [-0.4, -0.2) is 35.7 Å². The molecule has 3 N–H and O–H groups in total. The van der Waals surface area contributed by atoms with Crippen LogP contribution in [0.2, 0.25) is 0 Å². The fraction of sp³-hybridized carbons (Fsp3) is 0.364. The highest BCUT2D eigenvalue weighted by molar-refractivity contribution is 6.05. The highest BCUT2D eigenvalue weighted by Gasteiger charge is 2.25. The molecule has 2 aromatic rings. The third kappa shape index (κ3) is 5.54. The standard InChI is InChI=1S/C22H24F2N2O4/c1-12-5-14(6-13(2)30-12)11-25-22(29)19-4-3-18(10-20(19)27)26-21(28)15-7-16(23)9-17(24)8-15/h3-4,7-10,12-14,27H,5-6,11H2,1-2H3,(H,25,29)(H,26,28)/t12-,13-/m1/s1. The first kappa shape index (κ1) is 21.7. The molecule has 6 nitrogen and oxygen atoms in total. The van der Waals surface area contributed by atoms with Crippen molar-refractivity contribution < 1.29 is 28.2 Å². The molecule has 1 fully saturated rings. The van der Waals surface area contributed by atoms with Gasteiger partial charge < -0.3 is 20.5 Å². The van der Waals surface area contributed by atoms with E-state index in [0.29, 0.717) is 18.5 Å². The monoisotopic (exact) mass is 418 g/mol. The molecule has 30 heavy (non-hydrogen) atoms. The van der Waals surface area contributed by atoms with Crippen molar-refractivity contribution in [1.29, 1.82) is 0 Å².